The van der Waals surface area contributed by atoms with E-state index in [2.05, 4.69) is 13.5 Å². The van der Waals surface area contributed by atoms with Crippen LogP contribution in [0.4, 0.5) is 0 Å². The standard InChI is InChI=1S/C18H34O8/c1-3-4-5-6-15(2)16(24)26-14-18(10-22,11-23)13-25-12-17(7-19,8-20)9-21/h19-23H,2-14H2,1H3. The molecule has 0 aliphatic heterocycles. The van der Waals surface area contributed by atoms with Gasteiger partial charge in [0.15, 0.2) is 0 Å². The summed E-state index contributed by atoms with van der Waals surface area (Å²) in [6.45, 7) is 2.65. The lowest BCUT2D eigenvalue weighted by Gasteiger charge is -2.32. The molecule has 8 heteroatoms. The van der Waals surface area contributed by atoms with Crippen molar-refractivity contribution >= 4 is 5.97 Å². The molecular formula is C18H34O8. The molecule has 0 aliphatic rings. The van der Waals surface area contributed by atoms with E-state index in [1.165, 1.54) is 0 Å². The number of ether oxygens (including phenoxy) is 2. The summed E-state index contributed by atoms with van der Waals surface area (Å²) in [6, 6.07) is 0. The van der Waals surface area contributed by atoms with Crippen molar-refractivity contribution in [2.45, 2.75) is 32.6 Å². The van der Waals surface area contributed by atoms with E-state index in [1.807, 2.05) is 0 Å². The molecule has 0 radical (unpaired) electrons. The van der Waals surface area contributed by atoms with E-state index in [9.17, 15) is 30.3 Å². The first kappa shape index (κ1) is 25.0. The van der Waals surface area contributed by atoms with Gasteiger partial charge in [0.1, 0.15) is 6.61 Å². The fourth-order valence-electron chi connectivity index (χ4n) is 2.06. The van der Waals surface area contributed by atoms with E-state index in [-0.39, 0.29) is 19.8 Å². The molecule has 0 unspecified atom stereocenters. The quantitative estimate of drug-likeness (QED) is 0.139. The van der Waals surface area contributed by atoms with Gasteiger partial charge in [0.25, 0.3) is 0 Å². The Morgan fingerprint density at radius 2 is 1.35 bits per heavy atom. The van der Waals surface area contributed by atoms with Gasteiger partial charge in [-0.3, -0.25) is 0 Å². The molecule has 0 aromatic heterocycles. The summed E-state index contributed by atoms with van der Waals surface area (Å²) in [5, 5.41) is 47.0. The fraction of sp³-hybridized carbons (Fsp3) is 0.833. The van der Waals surface area contributed by atoms with Crippen LogP contribution >= 0.6 is 0 Å². The minimum atomic E-state index is -1.23. The van der Waals surface area contributed by atoms with E-state index in [0.717, 1.165) is 19.3 Å². The van der Waals surface area contributed by atoms with Crippen LogP contribution in [0.3, 0.4) is 0 Å². The zero-order valence-corrected chi connectivity index (χ0v) is 15.7. The summed E-state index contributed by atoms with van der Waals surface area (Å²) in [4.78, 5) is 12.0. The number of carbonyl (C=O) groups excluding carboxylic acids is 1. The molecule has 0 fully saturated rings. The van der Waals surface area contributed by atoms with Crippen LogP contribution in [0.5, 0.6) is 0 Å². The van der Waals surface area contributed by atoms with Crippen molar-refractivity contribution in [1.29, 1.82) is 0 Å². The molecule has 0 aromatic rings. The smallest absolute Gasteiger partial charge is 0.333 e. The Kier molecular flexibility index (Phi) is 12.7. The van der Waals surface area contributed by atoms with Crippen LogP contribution in [0.15, 0.2) is 12.2 Å². The highest BCUT2D eigenvalue weighted by atomic mass is 16.5. The molecule has 5 N–H and O–H groups in total. The summed E-state index contributed by atoms with van der Waals surface area (Å²) in [6.07, 6.45) is 3.37. The van der Waals surface area contributed by atoms with Crippen LogP contribution in [-0.2, 0) is 14.3 Å². The van der Waals surface area contributed by atoms with Gasteiger partial charge in [-0.15, -0.1) is 0 Å². The zero-order chi connectivity index (χ0) is 20.1. The first-order valence-electron chi connectivity index (χ1n) is 8.85. The third kappa shape index (κ3) is 8.11. The van der Waals surface area contributed by atoms with Gasteiger partial charge in [0, 0.05) is 5.57 Å². The number of hydrogen-bond acceptors (Lipinski definition) is 8. The summed E-state index contributed by atoms with van der Waals surface area (Å²) in [5.41, 5.74) is -2.11. The molecule has 0 atom stereocenters. The Labute approximate surface area is 155 Å². The third-order valence-electron chi connectivity index (χ3n) is 4.37. The molecule has 0 saturated carbocycles. The van der Waals surface area contributed by atoms with Crippen LogP contribution in [0.1, 0.15) is 32.6 Å². The number of rotatable bonds is 16. The fourth-order valence-corrected chi connectivity index (χ4v) is 2.06. The lowest BCUT2D eigenvalue weighted by atomic mass is 9.90. The Morgan fingerprint density at radius 3 is 1.81 bits per heavy atom. The molecule has 0 bridgehead atoms. The SMILES string of the molecule is C=C(CCCCC)C(=O)OCC(CO)(CO)COCC(CO)(CO)CO. The highest BCUT2D eigenvalue weighted by Gasteiger charge is 2.34. The van der Waals surface area contributed by atoms with Crippen LogP contribution in [0, 0.1) is 10.8 Å². The lowest BCUT2D eigenvalue weighted by Crippen LogP contribution is -2.44. The predicted octanol–water partition coefficient (Wildman–Crippen LogP) is -0.383. The summed E-state index contributed by atoms with van der Waals surface area (Å²) < 4.78 is 10.5. The molecular weight excluding hydrogens is 344 g/mol. The second-order valence-corrected chi connectivity index (χ2v) is 6.92. The number of carbonyl (C=O) groups is 1. The Hall–Kier alpha value is -1.03. The minimum Gasteiger partial charge on any atom is -0.461 e. The van der Waals surface area contributed by atoms with Crippen LogP contribution in [0.2, 0.25) is 0 Å². The van der Waals surface area contributed by atoms with Gasteiger partial charge in [-0.05, 0) is 12.8 Å². The Balaban J connectivity index is 4.60. The van der Waals surface area contributed by atoms with Gasteiger partial charge in [-0.2, -0.15) is 0 Å². The molecule has 8 nitrogen and oxygen atoms in total. The van der Waals surface area contributed by atoms with Crippen molar-refractivity contribution in [3.63, 3.8) is 0 Å². The summed E-state index contributed by atoms with van der Waals surface area (Å²) in [7, 11) is 0. The summed E-state index contributed by atoms with van der Waals surface area (Å²) in [5.74, 6) is -0.581. The zero-order valence-electron chi connectivity index (χ0n) is 15.7. The second-order valence-electron chi connectivity index (χ2n) is 6.92. The van der Waals surface area contributed by atoms with E-state index >= 15 is 0 Å². The Morgan fingerprint density at radius 1 is 0.846 bits per heavy atom. The average Bonchev–Trinajstić information content (AvgIpc) is 2.68. The van der Waals surface area contributed by atoms with Crippen LogP contribution < -0.4 is 0 Å². The van der Waals surface area contributed by atoms with Crippen molar-refractivity contribution < 1.29 is 39.8 Å². The minimum absolute atomic E-state index is 0.183. The summed E-state index contributed by atoms with van der Waals surface area (Å²) >= 11 is 0. The lowest BCUT2D eigenvalue weighted by molar-refractivity contribution is -0.150. The van der Waals surface area contributed by atoms with Crippen molar-refractivity contribution in [1.82, 2.24) is 0 Å². The monoisotopic (exact) mass is 378 g/mol. The molecule has 0 amide bonds. The largest absolute Gasteiger partial charge is 0.461 e. The third-order valence-corrected chi connectivity index (χ3v) is 4.37. The first-order valence-corrected chi connectivity index (χ1v) is 8.85. The topological polar surface area (TPSA) is 137 Å². The molecule has 0 aliphatic carbocycles. The maximum absolute atomic E-state index is 12.0. The van der Waals surface area contributed by atoms with Gasteiger partial charge >= 0.3 is 5.97 Å². The highest BCUT2D eigenvalue weighted by molar-refractivity contribution is 5.87. The number of aliphatic hydroxyl groups excluding tert-OH is 5. The van der Waals surface area contributed by atoms with E-state index < -0.39 is 49.8 Å². The number of unbranched alkanes of at least 4 members (excludes halogenated alkanes) is 2. The Bertz CT molecular complexity index is 394. The molecule has 26 heavy (non-hydrogen) atoms. The van der Waals surface area contributed by atoms with Crippen molar-refractivity contribution in [3.05, 3.63) is 12.2 Å². The molecule has 0 saturated heterocycles. The van der Waals surface area contributed by atoms with Gasteiger partial charge < -0.3 is 35.0 Å². The van der Waals surface area contributed by atoms with Crippen molar-refractivity contribution in [3.8, 4) is 0 Å². The van der Waals surface area contributed by atoms with E-state index in [4.69, 9.17) is 9.47 Å². The maximum atomic E-state index is 12.0. The number of esters is 1. The van der Waals surface area contributed by atoms with Crippen molar-refractivity contribution in [2.24, 2.45) is 10.8 Å². The van der Waals surface area contributed by atoms with Crippen LogP contribution in [-0.4, -0.2) is 84.4 Å². The number of hydrogen-bond donors (Lipinski definition) is 5. The molecule has 0 heterocycles. The normalized spacial score (nSPS) is 12.2. The second kappa shape index (κ2) is 13.2. The number of aliphatic hydroxyl groups is 5. The first-order chi connectivity index (χ1) is 12.4. The molecule has 0 spiro atoms. The predicted molar refractivity (Wildman–Crippen MR) is 95.4 cm³/mol. The van der Waals surface area contributed by atoms with Gasteiger partial charge in [-0.1, -0.05) is 26.3 Å². The van der Waals surface area contributed by atoms with E-state index in [0.29, 0.717) is 12.0 Å². The average molecular weight is 378 g/mol. The van der Waals surface area contributed by atoms with Gasteiger partial charge in [0.2, 0.25) is 0 Å². The van der Waals surface area contributed by atoms with Crippen molar-refractivity contribution in [2.75, 3.05) is 52.9 Å². The maximum Gasteiger partial charge on any atom is 0.333 e. The van der Waals surface area contributed by atoms with Gasteiger partial charge in [0.05, 0.1) is 57.1 Å². The molecule has 154 valence electrons. The molecule has 0 aromatic carbocycles. The van der Waals surface area contributed by atoms with Gasteiger partial charge in [-0.25, -0.2) is 4.79 Å². The van der Waals surface area contributed by atoms with E-state index in [1.54, 1.807) is 0 Å². The molecule has 0 rings (SSSR count). The van der Waals surface area contributed by atoms with Crippen LogP contribution in [0.25, 0.3) is 0 Å². The highest BCUT2D eigenvalue weighted by Crippen LogP contribution is 2.21.